The molecule has 1 fully saturated rings. The number of nitrogens with one attached hydrogen (secondary N) is 1. The van der Waals surface area contributed by atoms with Crippen molar-refractivity contribution >= 4 is 52.2 Å². The van der Waals surface area contributed by atoms with E-state index in [-0.39, 0.29) is 16.2 Å². The van der Waals surface area contributed by atoms with Crippen LogP contribution in [0.15, 0.2) is 48.0 Å². The highest BCUT2D eigenvalue weighted by atomic mass is 32.1. The Morgan fingerprint density at radius 2 is 1.78 bits per heavy atom. The van der Waals surface area contributed by atoms with E-state index in [9.17, 15) is 9.59 Å². The number of amides is 2. The van der Waals surface area contributed by atoms with E-state index in [2.05, 4.69) is 56.2 Å². The number of thiocarbonyl (C=S) groups is 1. The minimum atomic E-state index is -0.480. The van der Waals surface area contributed by atoms with Crippen molar-refractivity contribution in [1.29, 1.82) is 0 Å². The van der Waals surface area contributed by atoms with Crippen molar-refractivity contribution in [3.63, 3.8) is 0 Å². The van der Waals surface area contributed by atoms with Gasteiger partial charge in [-0.05, 0) is 99.4 Å². The van der Waals surface area contributed by atoms with Crippen molar-refractivity contribution in [2.24, 2.45) is 0 Å². The van der Waals surface area contributed by atoms with E-state index in [1.807, 2.05) is 38.1 Å². The number of anilines is 2. The van der Waals surface area contributed by atoms with Gasteiger partial charge in [-0.3, -0.25) is 19.8 Å². The summed E-state index contributed by atoms with van der Waals surface area (Å²) in [6.07, 6.45) is 3.91. The molecule has 32 heavy (non-hydrogen) atoms. The van der Waals surface area contributed by atoms with Gasteiger partial charge in [-0.2, -0.15) is 0 Å². The zero-order valence-electron chi connectivity index (χ0n) is 19.2. The van der Waals surface area contributed by atoms with E-state index in [1.165, 1.54) is 10.5 Å². The maximum atomic E-state index is 13.4. The second-order valence-corrected chi connectivity index (χ2v) is 9.45. The molecule has 0 unspecified atom stereocenters. The minimum absolute atomic E-state index is 0.0642. The Hall–Kier alpha value is -3.25. The predicted octanol–water partition coefficient (Wildman–Crippen LogP) is 4.77. The fourth-order valence-corrected chi connectivity index (χ4v) is 4.57. The Bertz CT molecular complexity index is 1240. The number of allylic oxidation sites excluding steroid dienone is 1. The van der Waals surface area contributed by atoms with Gasteiger partial charge in [-0.15, -0.1) is 0 Å². The topological polar surface area (TPSA) is 52.7 Å². The van der Waals surface area contributed by atoms with Crippen LogP contribution in [-0.2, 0) is 9.59 Å². The van der Waals surface area contributed by atoms with Crippen LogP contribution in [0.5, 0.6) is 0 Å². The van der Waals surface area contributed by atoms with E-state index in [1.54, 1.807) is 6.08 Å². The lowest BCUT2D eigenvalue weighted by molar-refractivity contribution is -0.122. The van der Waals surface area contributed by atoms with Crippen molar-refractivity contribution in [2.75, 3.05) is 16.8 Å². The largest absolute Gasteiger partial charge is 0.365 e. The first-order valence-electron chi connectivity index (χ1n) is 10.6. The summed E-state index contributed by atoms with van der Waals surface area (Å²) in [6, 6.07) is 11.7. The highest BCUT2D eigenvalue weighted by Gasteiger charge is 2.35. The molecular formula is C26H27N3O2S. The lowest BCUT2D eigenvalue weighted by Gasteiger charge is -2.41. The van der Waals surface area contributed by atoms with Crippen LogP contribution in [0.4, 0.5) is 11.4 Å². The molecule has 164 valence electrons. The summed E-state index contributed by atoms with van der Waals surface area (Å²) in [5.41, 5.74) is 6.84. The number of rotatable bonds is 2. The summed E-state index contributed by atoms with van der Waals surface area (Å²) in [5.74, 6) is -0.904. The lowest BCUT2D eigenvalue weighted by atomic mass is 9.87. The molecule has 0 aliphatic carbocycles. The number of likely N-dealkylation sites (N-methyl/N-ethyl adjacent to an activating group) is 1. The molecule has 1 saturated heterocycles. The lowest BCUT2D eigenvalue weighted by Crippen LogP contribution is -2.54. The standard InChI is InChI=1S/C26H27N3O2S/c1-15-8-7-9-19(10-15)29-24(31)21(23(30)27-25(29)32)13-18-12-20-17(3)14-26(4,5)28(6)22(20)11-16(18)2/h7-14H,1-6H3,(H,27,30,32)/b21-13-. The molecule has 2 aliphatic rings. The highest BCUT2D eigenvalue weighted by molar-refractivity contribution is 7.80. The Morgan fingerprint density at radius 1 is 1.06 bits per heavy atom. The average Bonchev–Trinajstić information content (AvgIpc) is 2.69. The minimum Gasteiger partial charge on any atom is -0.365 e. The molecule has 5 nitrogen and oxygen atoms in total. The quantitative estimate of drug-likeness (QED) is 0.411. The average molecular weight is 446 g/mol. The first-order chi connectivity index (χ1) is 15.0. The van der Waals surface area contributed by atoms with E-state index in [4.69, 9.17) is 12.2 Å². The maximum Gasteiger partial charge on any atom is 0.270 e. The van der Waals surface area contributed by atoms with Gasteiger partial charge in [0, 0.05) is 18.3 Å². The molecule has 2 aromatic rings. The summed E-state index contributed by atoms with van der Waals surface area (Å²) >= 11 is 5.31. The molecule has 2 aromatic carbocycles. The van der Waals surface area contributed by atoms with Crippen LogP contribution < -0.4 is 15.1 Å². The maximum absolute atomic E-state index is 13.4. The number of carbonyl (C=O) groups excluding carboxylic acids is 2. The summed E-state index contributed by atoms with van der Waals surface area (Å²) < 4.78 is 0. The number of hydrogen-bond acceptors (Lipinski definition) is 4. The highest BCUT2D eigenvalue weighted by Crippen LogP contribution is 2.39. The van der Waals surface area contributed by atoms with E-state index >= 15 is 0 Å². The van der Waals surface area contributed by atoms with Crippen LogP contribution in [0.2, 0.25) is 0 Å². The molecule has 1 N–H and O–H groups in total. The Morgan fingerprint density at radius 3 is 2.47 bits per heavy atom. The zero-order valence-corrected chi connectivity index (χ0v) is 20.1. The van der Waals surface area contributed by atoms with Gasteiger partial charge in [0.05, 0.1) is 11.2 Å². The van der Waals surface area contributed by atoms with Gasteiger partial charge in [0.25, 0.3) is 11.8 Å². The van der Waals surface area contributed by atoms with Crippen LogP contribution in [0.1, 0.15) is 43.0 Å². The monoisotopic (exact) mass is 445 g/mol. The van der Waals surface area contributed by atoms with Crippen LogP contribution >= 0.6 is 12.2 Å². The molecule has 4 rings (SSSR count). The van der Waals surface area contributed by atoms with Gasteiger partial charge in [-0.1, -0.05) is 18.2 Å². The van der Waals surface area contributed by atoms with Crippen molar-refractivity contribution < 1.29 is 9.59 Å². The number of carbonyl (C=O) groups is 2. The summed E-state index contributed by atoms with van der Waals surface area (Å²) in [4.78, 5) is 29.7. The third-order valence-corrected chi connectivity index (χ3v) is 6.55. The second kappa shape index (κ2) is 7.71. The van der Waals surface area contributed by atoms with Crippen molar-refractivity contribution in [1.82, 2.24) is 5.32 Å². The number of aryl methyl sites for hydroxylation is 2. The molecule has 0 aromatic heterocycles. The molecule has 0 radical (unpaired) electrons. The fourth-order valence-electron chi connectivity index (χ4n) is 4.29. The molecule has 0 spiro atoms. The Kier molecular flexibility index (Phi) is 5.29. The van der Waals surface area contributed by atoms with Gasteiger partial charge in [0.15, 0.2) is 5.11 Å². The number of hydrogen-bond donors (Lipinski definition) is 1. The van der Waals surface area contributed by atoms with Crippen LogP contribution in [0.25, 0.3) is 11.6 Å². The summed E-state index contributed by atoms with van der Waals surface area (Å²) in [7, 11) is 2.08. The third-order valence-electron chi connectivity index (χ3n) is 6.27. The second-order valence-electron chi connectivity index (χ2n) is 9.06. The molecule has 2 amide bonds. The Labute approximate surface area is 194 Å². The SMILES string of the molecule is CC1=CC(C)(C)N(C)c2cc(C)c(/C=C3/C(=O)NC(=S)N(c4cccc(C)c4)C3=O)cc21. The zero-order chi connectivity index (χ0) is 23.4. The van der Waals surface area contributed by atoms with E-state index in [0.717, 1.165) is 27.9 Å². The van der Waals surface area contributed by atoms with Crippen molar-refractivity contribution in [3.05, 3.63) is 70.3 Å². The van der Waals surface area contributed by atoms with Crippen LogP contribution in [-0.4, -0.2) is 29.5 Å². The predicted molar refractivity (Wildman–Crippen MR) is 135 cm³/mol. The molecule has 2 aliphatic heterocycles. The molecule has 6 heteroatoms. The molecule has 0 bridgehead atoms. The Balaban J connectivity index is 1.80. The molecule has 0 saturated carbocycles. The fraction of sp³-hybridized carbons (Fsp3) is 0.269. The van der Waals surface area contributed by atoms with E-state index < -0.39 is 11.8 Å². The smallest absolute Gasteiger partial charge is 0.270 e. The van der Waals surface area contributed by atoms with Gasteiger partial charge in [0.2, 0.25) is 0 Å². The first-order valence-corrected chi connectivity index (χ1v) is 11.0. The van der Waals surface area contributed by atoms with Gasteiger partial charge in [-0.25, -0.2) is 0 Å². The third kappa shape index (κ3) is 3.65. The van der Waals surface area contributed by atoms with Crippen LogP contribution in [0.3, 0.4) is 0 Å². The van der Waals surface area contributed by atoms with Gasteiger partial charge in [0.1, 0.15) is 5.57 Å². The van der Waals surface area contributed by atoms with Crippen LogP contribution in [0, 0.1) is 13.8 Å². The number of fused-ring (bicyclic) bond motifs is 1. The first kappa shape index (κ1) is 22.0. The summed E-state index contributed by atoms with van der Waals surface area (Å²) in [6.45, 7) is 10.4. The normalized spacial score (nSPS) is 19.1. The van der Waals surface area contributed by atoms with Gasteiger partial charge < -0.3 is 4.90 Å². The summed E-state index contributed by atoms with van der Waals surface area (Å²) in [5, 5.41) is 2.76. The van der Waals surface area contributed by atoms with Crippen molar-refractivity contribution in [3.8, 4) is 0 Å². The molecular weight excluding hydrogens is 418 g/mol. The number of benzene rings is 2. The molecule has 0 atom stereocenters. The van der Waals surface area contributed by atoms with E-state index in [0.29, 0.717) is 5.69 Å². The van der Waals surface area contributed by atoms with Crippen molar-refractivity contribution in [2.45, 2.75) is 40.2 Å². The number of nitrogens with zero attached hydrogens (tertiary/aromatic N) is 2. The van der Waals surface area contributed by atoms with Gasteiger partial charge >= 0.3 is 0 Å². The molecule has 2 heterocycles.